The SMILES string of the molecule is CCCCCCCCCCCCCCCCCCCCCCSc1ccc(C=CC(=O)c2ccccc2)c(OCCCCCCC)c1. The van der Waals surface area contributed by atoms with Crippen LogP contribution in [0.5, 0.6) is 5.75 Å². The van der Waals surface area contributed by atoms with Crippen LogP contribution in [0.2, 0.25) is 0 Å². The monoisotopic (exact) mass is 663 g/mol. The van der Waals surface area contributed by atoms with Gasteiger partial charge in [-0.05, 0) is 42.9 Å². The quantitative estimate of drug-likeness (QED) is 0.0337. The average Bonchev–Trinajstić information content (AvgIpc) is 3.10. The lowest BCUT2D eigenvalue weighted by atomic mass is 10.0. The van der Waals surface area contributed by atoms with Gasteiger partial charge in [-0.25, -0.2) is 0 Å². The molecule has 0 N–H and O–H groups in total. The van der Waals surface area contributed by atoms with Crippen molar-refractivity contribution in [2.24, 2.45) is 0 Å². The molecule has 0 aliphatic heterocycles. The highest BCUT2D eigenvalue weighted by molar-refractivity contribution is 7.99. The molecule has 2 rings (SSSR count). The second-order valence-electron chi connectivity index (χ2n) is 13.6. The first-order chi connectivity index (χ1) is 23.2. The summed E-state index contributed by atoms with van der Waals surface area (Å²) in [5.41, 5.74) is 1.69. The number of ketones is 1. The van der Waals surface area contributed by atoms with Gasteiger partial charge < -0.3 is 4.74 Å². The smallest absolute Gasteiger partial charge is 0.185 e. The number of unbranched alkanes of at least 4 members (excludes halogenated alkanes) is 23. The van der Waals surface area contributed by atoms with Gasteiger partial charge in [0.05, 0.1) is 6.61 Å². The van der Waals surface area contributed by atoms with Crippen LogP contribution in [0.3, 0.4) is 0 Å². The maximum Gasteiger partial charge on any atom is 0.185 e. The van der Waals surface area contributed by atoms with Gasteiger partial charge in [-0.1, -0.05) is 198 Å². The zero-order valence-corrected chi connectivity index (χ0v) is 31.4. The molecule has 0 saturated heterocycles. The summed E-state index contributed by atoms with van der Waals surface area (Å²) in [5.74, 6) is 2.07. The Balaban J connectivity index is 1.55. The second kappa shape index (κ2) is 30.1. The Bertz CT molecular complexity index is 1030. The topological polar surface area (TPSA) is 26.3 Å². The van der Waals surface area contributed by atoms with Gasteiger partial charge in [0.15, 0.2) is 5.78 Å². The lowest BCUT2D eigenvalue weighted by Gasteiger charge is -2.12. The van der Waals surface area contributed by atoms with E-state index in [2.05, 4.69) is 32.0 Å². The molecule has 0 spiro atoms. The molecule has 0 unspecified atom stereocenters. The van der Waals surface area contributed by atoms with Crippen molar-refractivity contribution in [2.75, 3.05) is 12.4 Å². The van der Waals surface area contributed by atoms with Crippen molar-refractivity contribution in [3.8, 4) is 5.75 Å². The number of carbonyl (C=O) groups excluding carboxylic acids is 1. The number of carbonyl (C=O) groups is 1. The van der Waals surface area contributed by atoms with E-state index in [1.54, 1.807) is 6.08 Å². The third-order valence-corrected chi connectivity index (χ3v) is 10.3. The number of allylic oxidation sites excluding steroid dienone is 1. The Morgan fingerprint density at radius 2 is 1.04 bits per heavy atom. The van der Waals surface area contributed by atoms with E-state index in [4.69, 9.17) is 4.74 Å². The predicted octanol–water partition coefficient (Wildman–Crippen LogP) is 14.8. The molecular formula is C44H70O2S. The Kier molecular flexibility index (Phi) is 26.4. The Morgan fingerprint density at radius 1 is 0.574 bits per heavy atom. The summed E-state index contributed by atoms with van der Waals surface area (Å²) in [5, 5.41) is 0. The molecule has 47 heavy (non-hydrogen) atoms. The molecule has 0 aliphatic rings. The molecule has 0 radical (unpaired) electrons. The van der Waals surface area contributed by atoms with E-state index in [-0.39, 0.29) is 5.78 Å². The van der Waals surface area contributed by atoms with Crippen LogP contribution in [0.1, 0.15) is 190 Å². The summed E-state index contributed by atoms with van der Waals surface area (Å²) >= 11 is 1.93. The molecule has 264 valence electrons. The largest absolute Gasteiger partial charge is 0.493 e. The second-order valence-corrected chi connectivity index (χ2v) is 14.8. The van der Waals surface area contributed by atoms with E-state index in [1.807, 2.05) is 48.2 Å². The van der Waals surface area contributed by atoms with Crippen molar-refractivity contribution < 1.29 is 9.53 Å². The van der Waals surface area contributed by atoms with Crippen molar-refractivity contribution in [3.63, 3.8) is 0 Å². The van der Waals surface area contributed by atoms with Crippen LogP contribution in [0, 0.1) is 0 Å². The highest BCUT2D eigenvalue weighted by Crippen LogP contribution is 2.29. The van der Waals surface area contributed by atoms with Crippen molar-refractivity contribution in [1.29, 1.82) is 0 Å². The summed E-state index contributed by atoms with van der Waals surface area (Å²) in [6.45, 7) is 5.27. The van der Waals surface area contributed by atoms with Crippen LogP contribution in [-0.2, 0) is 0 Å². The fourth-order valence-electron chi connectivity index (χ4n) is 6.17. The number of hydrogen-bond acceptors (Lipinski definition) is 3. The first-order valence-corrected chi connectivity index (χ1v) is 20.9. The van der Waals surface area contributed by atoms with E-state index in [1.165, 1.54) is 159 Å². The molecule has 0 atom stereocenters. The highest BCUT2D eigenvalue weighted by Gasteiger charge is 2.07. The first-order valence-electron chi connectivity index (χ1n) is 19.9. The van der Waals surface area contributed by atoms with Gasteiger partial charge in [0.1, 0.15) is 5.75 Å². The number of hydrogen-bond donors (Lipinski definition) is 0. The van der Waals surface area contributed by atoms with Crippen LogP contribution in [-0.4, -0.2) is 18.1 Å². The maximum atomic E-state index is 12.6. The molecular weight excluding hydrogens is 593 g/mol. The molecule has 0 heterocycles. The predicted molar refractivity (Wildman–Crippen MR) is 209 cm³/mol. The van der Waals surface area contributed by atoms with Crippen LogP contribution in [0.15, 0.2) is 59.5 Å². The zero-order chi connectivity index (χ0) is 33.5. The van der Waals surface area contributed by atoms with Crippen molar-refractivity contribution in [2.45, 2.75) is 179 Å². The molecule has 2 nitrogen and oxygen atoms in total. The lowest BCUT2D eigenvalue weighted by molar-refractivity contribution is 0.104. The van der Waals surface area contributed by atoms with E-state index in [0.717, 1.165) is 30.1 Å². The van der Waals surface area contributed by atoms with E-state index in [0.29, 0.717) is 5.56 Å². The molecule has 0 aliphatic carbocycles. The van der Waals surface area contributed by atoms with Crippen LogP contribution >= 0.6 is 11.8 Å². The van der Waals surface area contributed by atoms with Crippen LogP contribution < -0.4 is 4.74 Å². The molecule has 0 aromatic heterocycles. The molecule has 0 saturated carbocycles. The van der Waals surface area contributed by atoms with Gasteiger partial charge in [0.25, 0.3) is 0 Å². The van der Waals surface area contributed by atoms with Gasteiger partial charge in [-0.3, -0.25) is 4.79 Å². The van der Waals surface area contributed by atoms with Gasteiger partial charge in [0.2, 0.25) is 0 Å². The third kappa shape index (κ3) is 22.3. The third-order valence-electron chi connectivity index (χ3n) is 9.23. The van der Waals surface area contributed by atoms with E-state index >= 15 is 0 Å². The first kappa shape index (κ1) is 41.2. The lowest BCUT2D eigenvalue weighted by Crippen LogP contribution is -2.00. The fourth-order valence-corrected chi connectivity index (χ4v) is 7.11. The molecule has 2 aromatic rings. The van der Waals surface area contributed by atoms with Gasteiger partial charge in [-0.15, -0.1) is 11.8 Å². The summed E-state index contributed by atoms with van der Waals surface area (Å²) < 4.78 is 6.27. The number of rotatable bonds is 32. The Hall–Kier alpha value is -2.00. The van der Waals surface area contributed by atoms with Crippen LogP contribution in [0.4, 0.5) is 0 Å². The normalized spacial score (nSPS) is 11.4. The molecule has 0 bridgehead atoms. The zero-order valence-electron chi connectivity index (χ0n) is 30.6. The minimum Gasteiger partial charge on any atom is -0.493 e. The van der Waals surface area contributed by atoms with Gasteiger partial charge in [-0.2, -0.15) is 0 Å². The van der Waals surface area contributed by atoms with E-state index < -0.39 is 0 Å². The Labute approximate surface area is 295 Å². The molecule has 3 heteroatoms. The molecule has 0 amide bonds. The summed E-state index contributed by atoms with van der Waals surface area (Å²) in [7, 11) is 0. The minimum absolute atomic E-state index is 0.0224. The Morgan fingerprint density at radius 3 is 1.55 bits per heavy atom. The van der Waals surface area contributed by atoms with Crippen molar-refractivity contribution in [1.82, 2.24) is 0 Å². The number of thioether (sulfide) groups is 1. The number of ether oxygens (including phenoxy) is 1. The van der Waals surface area contributed by atoms with Crippen molar-refractivity contribution >= 4 is 23.6 Å². The van der Waals surface area contributed by atoms with Gasteiger partial charge >= 0.3 is 0 Å². The van der Waals surface area contributed by atoms with Crippen molar-refractivity contribution in [3.05, 3.63) is 65.7 Å². The highest BCUT2D eigenvalue weighted by atomic mass is 32.2. The molecule has 2 aromatic carbocycles. The standard InChI is InChI=1S/C44H70O2S/c1-3-5-7-9-10-11-12-13-14-15-16-17-18-19-20-21-22-23-25-30-38-47-42-35-33-41(34-36-43(45)40-31-27-26-28-32-40)44(39-42)46-37-29-24-8-6-4-2/h26-28,31-36,39H,3-25,29-30,37-38H2,1-2H3. The summed E-state index contributed by atoms with van der Waals surface area (Å²) in [6, 6.07) is 15.9. The number of benzene rings is 2. The van der Waals surface area contributed by atoms with Gasteiger partial charge in [0, 0.05) is 16.0 Å². The average molecular weight is 663 g/mol. The summed E-state index contributed by atoms with van der Waals surface area (Å²) in [6.07, 6.45) is 38.1. The molecule has 0 fully saturated rings. The van der Waals surface area contributed by atoms with E-state index in [9.17, 15) is 4.79 Å². The fraction of sp³-hybridized carbons (Fsp3) is 0.659. The maximum absolute atomic E-state index is 12.6. The van der Waals surface area contributed by atoms with Crippen LogP contribution in [0.25, 0.3) is 6.08 Å². The minimum atomic E-state index is 0.0224. The summed E-state index contributed by atoms with van der Waals surface area (Å²) in [4.78, 5) is 13.9.